The van der Waals surface area contributed by atoms with Gasteiger partial charge in [0.1, 0.15) is 12.4 Å². The van der Waals surface area contributed by atoms with Gasteiger partial charge in [-0.2, -0.15) is 0 Å². The van der Waals surface area contributed by atoms with Crippen molar-refractivity contribution in [2.75, 3.05) is 26.7 Å². The predicted molar refractivity (Wildman–Crippen MR) is 91.4 cm³/mol. The summed E-state index contributed by atoms with van der Waals surface area (Å²) in [5.41, 5.74) is 0.749. The van der Waals surface area contributed by atoms with Crippen molar-refractivity contribution in [3.8, 4) is 5.75 Å². The van der Waals surface area contributed by atoms with Gasteiger partial charge in [-0.05, 0) is 19.1 Å². The number of nitrogens with one attached hydrogen (secondary N) is 1. The molecule has 0 bridgehead atoms. The summed E-state index contributed by atoms with van der Waals surface area (Å²) in [5.74, 6) is 0.747. The Balaban J connectivity index is 2.23. The van der Waals surface area contributed by atoms with E-state index >= 15 is 0 Å². The van der Waals surface area contributed by atoms with Gasteiger partial charge < -0.3 is 15.0 Å². The van der Waals surface area contributed by atoms with Crippen molar-refractivity contribution < 1.29 is 14.3 Å². The summed E-state index contributed by atoms with van der Waals surface area (Å²) in [6.07, 6.45) is 0.294. The number of likely N-dealkylation sites (N-methyl/N-ethyl adjacent to an activating group) is 1. The van der Waals surface area contributed by atoms with Crippen LogP contribution >= 0.6 is 0 Å². The molecular weight excluding hydrogens is 292 g/mol. The third-order valence-electron chi connectivity index (χ3n) is 3.45. The highest BCUT2D eigenvalue weighted by Gasteiger charge is 2.20. The first-order chi connectivity index (χ1) is 10.7. The second-order valence-electron chi connectivity index (χ2n) is 6.73. The number of carbonyl (C=O) groups is 2. The molecule has 128 valence electrons. The van der Waals surface area contributed by atoms with Crippen LogP contribution in [0.2, 0.25) is 0 Å². The molecule has 1 rings (SSSR count). The van der Waals surface area contributed by atoms with Gasteiger partial charge in [-0.3, -0.25) is 9.59 Å². The van der Waals surface area contributed by atoms with E-state index in [0.717, 1.165) is 5.75 Å². The van der Waals surface area contributed by atoms with Crippen LogP contribution in [0, 0.1) is 12.3 Å². The Morgan fingerprint density at radius 3 is 2.35 bits per heavy atom. The summed E-state index contributed by atoms with van der Waals surface area (Å²) >= 11 is 0. The first-order valence-electron chi connectivity index (χ1n) is 7.92. The van der Waals surface area contributed by atoms with Crippen LogP contribution in [0.3, 0.4) is 0 Å². The standard InChI is InChI=1S/C18H28N2O3/c1-14-6-8-15(9-7-14)23-13-12-20(5)16(21)10-11-19-17(22)18(2,3)4/h6-9H,10-13H2,1-5H3,(H,19,22). The Hall–Kier alpha value is -2.04. The van der Waals surface area contributed by atoms with Crippen molar-refractivity contribution in [2.45, 2.75) is 34.1 Å². The van der Waals surface area contributed by atoms with Crippen molar-refractivity contribution >= 4 is 11.8 Å². The number of carbonyl (C=O) groups excluding carboxylic acids is 2. The summed E-state index contributed by atoms with van der Waals surface area (Å²) in [5, 5.41) is 2.78. The SMILES string of the molecule is Cc1ccc(OCCN(C)C(=O)CCNC(=O)C(C)(C)C)cc1. The second kappa shape index (κ2) is 8.56. The van der Waals surface area contributed by atoms with Crippen molar-refractivity contribution in [1.29, 1.82) is 0 Å². The lowest BCUT2D eigenvalue weighted by Gasteiger charge is -2.20. The molecule has 2 amide bonds. The van der Waals surface area contributed by atoms with E-state index in [1.54, 1.807) is 11.9 Å². The van der Waals surface area contributed by atoms with Gasteiger partial charge in [-0.25, -0.2) is 0 Å². The van der Waals surface area contributed by atoms with Gasteiger partial charge in [-0.15, -0.1) is 0 Å². The minimum Gasteiger partial charge on any atom is -0.492 e. The van der Waals surface area contributed by atoms with E-state index in [-0.39, 0.29) is 11.8 Å². The number of nitrogens with zero attached hydrogens (tertiary/aromatic N) is 1. The first-order valence-corrected chi connectivity index (χ1v) is 7.92. The van der Waals surface area contributed by atoms with Crippen molar-refractivity contribution in [2.24, 2.45) is 5.41 Å². The maximum absolute atomic E-state index is 12.0. The summed E-state index contributed by atoms with van der Waals surface area (Å²) in [7, 11) is 1.74. The molecule has 0 heterocycles. The number of amides is 2. The van der Waals surface area contributed by atoms with E-state index in [1.807, 2.05) is 52.0 Å². The Morgan fingerprint density at radius 1 is 1.17 bits per heavy atom. The molecule has 0 atom stereocenters. The molecule has 0 aliphatic heterocycles. The molecular formula is C18H28N2O3. The number of ether oxygens (including phenoxy) is 1. The Morgan fingerprint density at radius 2 is 1.78 bits per heavy atom. The van der Waals surface area contributed by atoms with Gasteiger partial charge in [-0.1, -0.05) is 38.5 Å². The molecule has 0 aliphatic rings. The van der Waals surface area contributed by atoms with Crippen LogP contribution in [-0.4, -0.2) is 43.5 Å². The maximum Gasteiger partial charge on any atom is 0.225 e. The summed E-state index contributed by atoms with van der Waals surface area (Å²) in [6, 6.07) is 7.81. The van der Waals surface area contributed by atoms with Crippen molar-refractivity contribution in [1.82, 2.24) is 10.2 Å². The topological polar surface area (TPSA) is 58.6 Å². The van der Waals surface area contributed by atoms with Gasteiger partial charge >= 0.3 is 0 Å². The fourth-order valence-electron chi connectivity index (χ4n) is 1.80. The molecule has 0 spiro atoms. The van der Waals surface area contributed by atoms with Crippen LogP contribution in [0.5, 0.6) is 5.75 Å². The molecule has 5 nitrogen and oxygen atoms in total. The molecule has 5 heteroatoms. The molecule has 0 aromatic heterocycles. The molecule has 1 N–H and O–H groups in total. The molecule has 1 aromatic rings. The van der Waals surface area contributed by atoms with E-state index < -0.39 is 5.41 Å². The molecule has 0 fully saturated rings. The molecule has 0 saturated carbocycles. The van der Waals surface area contributed by atoms with Crippen LogP contribution in [0.15, 0.2) is 24.3 Å². The number of rotatable bonds is 7. The monoisotopic (exact) mass is 320 g/mol. The van der Waals surface area contributed by atoms with E-state index in [2.05, 4.69) is 5.32 Å². The minimum absolute atomic E-state index is 0.00767. The average Bonchev–Trinajstić information content (AvgIpc) is 2.47. The highest BCUT2D eigenvalue weighted by molar-refractivity contribution is 5.82. The molecule has 1 aromatic carbocycles. The zero-order valence-electron chi connectivity index (χ0n) is 14.8. The van der Waals surface area contributed by atoms with Gasteiger partial charge in [0.15, 0.2) is 0 Å². The third-order valence-corrected chi connectivity index (χ3v) is 3.45. The lowest BCUT2D eigenvalue weighted by Crippen LogP contribution is -2.38. The van der Waals surface area contributed by atoms with Crippen LogP contribution < -0.4 is 10.1 Å². The van der Waals surface area contributed by atoms with E-state index in [0.29, 0.717) is 26.1 Å². The Kier molecular flexibility index (Phi) is 7.07. The smallest absolute Gasteiger partial charge is 0.225 e. The van der Waals surface area contributed by atoms with Gasteiger partial charge in [0.05, 0.1) is 6.54 Å². The third kappa shape index (κ3) is 7.17. The second-order valence-corrected chi connectivity index (χ2v) is 6.73. The largest absolute Gasteiger partial charge is 0.492 e. The van der Waals surface area contributed by atoms with E-state index in [9.17, 15) is 9.59 Å². The average molecular weight is 320 g/mol. The molecule has 23 heavy (non-hydrogen) atoms. The quantitative estimate of drug-likeness (QED) is 0.839. The van der Waals surface area contributed by atoms with Gasteiger partial charge in [0, 0.05) is 25.4 Å². The fraction of sp³-hybridized carbons (Fsp3) is 0.556. The summed E-state index contributed by atoms with van der Waals surface area (Å²) < 4.78 is 5.61. The summed E-state index contributed by atoms with van der Waals surface area (Å²) in [4.78, 5) is 25.3. The van der Waals surface area contributed by atoms with Crippen molar-refractivity contribution in [3.05, 3.63) is 29.8 Å². The lowest BCUT2D eigenvalue weighted by atomic mass is 9.96. The number of benzene rings is 1. The molecule has 0 saturated heterocycles. The van der Waals surface area contributed by atoms with E-state index in [1.165, 1.54) is 5.56 Å². The zero-order valence-corrected chi connectivity index (χ0v) is 14.8. The predicted octanol–water partition coefficient (Wildman–Crippen LogP) is 2.38. The molecule has 0 unspecified atom stereocenters. The van der Waals surface area contributed by atoms with Crippen LogP contribution in [0.4, 0.5) is 0 Å². The summed E-state index contributed by atoms with van der Waals surface area (Å²) in [6.45, 7) is 8.88. The maximum atomic E-state index is 12.0. The molecule has 0 radical (unpaired) electrons. The minimum atomic E-state index is -0.434. The van der Waals surface area contributed by atoms with Crippen LogP contribution in [0.25, 0.3) is 0 Å². The molecule has 0 aliphatic carbocycles. The van der Waals surface area contributed by atoms with Gasteiger partial charge in [0.25, 0.3) is 0 Å². The highest BCUT2D eigenvalue weighted by Crippen LogP contribution is 2.12. The lowest BCUT2D eigenvalue weighted by molar-refractivity contribution is -0.131. The number of hydrogen-bond acceptors (Lipinski definition) is 3. The zero-order chi connectivity index (χ0) is 17.5. The Bertz CT molecular complexity index is 518. The van der Waals surface area contributed by atoms with Gasteiger partial charge in [0.2, 0.25) is 11.8 Å². The van der Waals surface area contributed by atoms with E-state index in [4.69, 9.17) is 4.74 Å². The Labute approximate surface area is 139 Å². The number of hydrogen-bond donors (Lipinski definition) is 1. The van der Waals surface area contributed by atoms with Crippen molar-refractivity contribution in [3.63, 3.8) is 0 Å². The first kappa shape index (κ1) is 19.0. The highest BCUT2D eigenvalue weighted by atomic mass is 16.5. The van der Waals surface area contributed by atoms with Crippen LogP contribution in [-0.2, 0) is 9.59 Å². The normalized spacial score (nSPS) is 11.0. The fourth-order valence-corrected chi connectivity index (χ4v) is 1.80. The van der Waals surface area contributed by atoms with Crippen LogP contribution in [0.1, 0.15) is 32.8 Å². The number of aryl methyl sites for hydroxylation is 1.